The van der Waals surface area contributed by atoms with E-state index in [4.69, 9.17) is 43.6 Å². The molecule has 4 atom stereocenters. The zero-order valence-electron chi connectivity index (χ0n) is 32.4. The highest BCUT2D eigenvalue weighted by molar-refractivity contribution is 6.78. The Morgan fingerprint density at radius 1 is 0.833 bits per heavy atom. The summed E-state index contributed by atoms with van der Waals surface area (Å²) in [7, 11) is -0.478. The fraction of sp³-hybridized carbons (Fsp3) is 0.564. The summed E-state index contributed by atoms with van der Waals surface area (Å²) in [5, 5.41) is 3.69. The van der Waals surface area contributed by atoms with Crippen LogP contribution in [0.3, 0.4) is 0 Å². The standard InChI is InChI=1S/C39H54Cl2N8O4Si/c1-21(2)29(42)37(50)48-18-8-9-27(48)35-43-31(33(40)46-35)25-14-10-23(11-15-25)24-12-16-26(17-13-24)32-34(41)47-36(44-32)28-19-54(6,7)20-49(28)38(51)30(22(3)4)45-39(52)53-5/h10,12,14,16,21-22,27-30H,8-9,11,13,15,17-20,42H2,1-7H3,(H,43,46)(H,44,47)(H,45,52). The Morgan fingerprint density at radius 2 is 1.35 bits per heavy atom. The van der Waals surface area contributed by atoms with E-state index < -0.39 is 26.3 Å². The minimum atomic E-state index is -1.77. The van der Waals surface area contributed by atoms with Crippen molar-refractivity contribution in [2.75, 3.05) is 19.8 Å². The molecule has 15 heteroatoms. The summed E-state index contributed by atoms with van der Waals surface area (Å²) in [6.07, 6.45) is 13.6. The largest absolute Gasteiger partial charge is 0.453 e. The summed E-state index contributed by atoms with van der Waals surface area (Å²) in [5.41, 5.74) is 12.3. The highest BCUT2D eigenvalue weighted by atomic mass is 35.5. The van der Waals surface area contributed by atoms with Gasteiger partial charge in [0.2, 0.25) is 11.8 Å². The minimum Gasteiger partial charge on any atom is -0.453 e. The second kappa shape index (κ2) is 16.2. The first-order valence-corrected chi connectivity index (χ1v) is 23.3. The van der Waals surface area contributed by atoms with E-state index in [1.165, 1.54) is 18.3 Å². The Hall–Kier alpha value is -3.65. The Labute approximate surface area is 329 Å². The lowest BCUT2D eigenvalue weighted by molar-refractivity contribution is -0.135. The fourth-order valence-electron chi connectivity index (χ4n) is 8.10. The Kier molecular flexibility index (Phi) is 12.0. The predicted molar refractivity (Wildman–Crippen MR) is 215 cm³/mol. The molecule has 2 aliphatic heterocycles. The average Bonchev–Trinajstić information content (AvgIpc) is 3.94. The minimum absolute atomic E-state index is 0.0388. The molecule has 2 fully saturated rings. The van der Waals surface area contributed by atoms with Crippen molar-refractivity contribution < 1.29 is 19.1 Å². The van der Waals surface area contributed by atoms with Crippen LogP contribution < -0.4 is 11.1 Å². The molecule has 4 aliphatic rings. The molecule has 4 unspecified atom stereocenters. The molecule has 0 radical (unpaired) electrons. The smallest absolute Gasteiger partial charge is 0.407 e. The third-order valence-corrected chi connectivity index (χ3v) is 14.5. The van der Waals surface area contributed by atoms with Gasteiger partial charge in [-0.1, -0.05) is 88.3 Å². The maximum absolute atomic E-state index is 13.9. The molecule has 2 aromatic rings. The van der Waals surface area contributed by atoms with Gasteiger partial charge in [-0.2, -0.15) is 0 Å². The number of allylic oxidation sites excluding steroid dienone is 8. The van der Waals surface area contributed by atoms with Crippen molar-refractivity contribution in [3.05, 3.63) is 68.8 Å². The summed E-state index contributed by atoms with van der Waals surface area (Å²) in [5.74, 6) is 1.16. The number of nitrogens with zero attached hydrogens (tertiary/aromatic N) is 4. The number of likely N-dealkylation sites (tertiary alicyclic amines) is 1. The molecule has 2 aromatic heterocycles. The Morgan fingerprint density at radius 3 is 1.83 bits per heavy atom. The third kappa shape index (κ3) is 8.29. The van der Waals surface area contributed by atoms with Gasteiger partial charge in [0.05, 0.1) is 33.3 Å². The normalized spacial score (nSPS) is 22.5. The van der Waals surface area contributed by atoms with Crippen LogP contribution in [0, 0.1) is 11.8 Å². The first-order chi connectivity index (χ1) is 25.6. The van der Waals surface area contributed by atoms with Gasteiger partial charge in [-0.15, -0.1) is 0 Å². The number of alkyl carbamates (subject to hydrolysis) is 1. The lowest BCUT2D eigenvalue weighted by atomic mass is 9.86. The monoisotopic (exact) mass is 796 g/mol. The number of methoxy groups -OCH3 is 1. The van der Waals surface area contributed by atoms with Crippen LogP contribution in [-0.4, -0.2) is 87.6 Å². The predicted octanol–water partition coefficient (Wildman–Crippen LogP) is 7.51. The van der Waals surface area contributed by atoms with Crippen molar-refractivity contribution in [1.82, 2.24) is 35.1 Å². The molecule has 54 heavy (non-hydrogen) atoms. The Bertz CT molecular complexity index is 1910. The summed E-state index contributed by atoms with van der Waals surface area (Å²) >= 11 is 13.5. The molecule has 0 spiro atoms. The lowest BCUT2D eigenvalue weighted by Gasteiger charge is -2.30. The summed E-state index contributed by atoms with van der Waals surface area (Å²) in [6, 6.07) is -0.812. The molecule has 0 bridgehead atoms. The number of nitrogens with one attached hydrogen (secondary N) is 3. The number of aromatic nitrogens is 4. The quantitative estimate of drug-likeness (QED) is 0.181. The van der Waals surface area contributed by atoms with Gasteiger partial charge in [-0.25, -0.2) is 14.8 Å². The number of rotatable bonds is 10. The number of hydrogen-bond acceptors (Lipinski definition) is 7. The van der Waals surface area contributed by atoms with Crippen molar-refractivity contribution in [1.29, 1.82) is 0 Å². The van der Waals surface area contributed by atoms with Gasteiger partial charge in [-0.05, 0) is 78.7 Å². The van der Waals surface area contributed by atoms with Crippen LogP contribution in [0.25, 0.3) is 11.1 Å². The number of ether oxygens (including phenoxy) is 1. The van der Waals surface area contributed by atoms with Crippen molar-refractivity contribution in [2.45, 2.75) is 110 Å². The number of carbonyl (C=O) groups excluding carboxylic acids is 3. The van der Waals surface area contributed by atoms with Gasteiger partial charge in [0, 0.05) is 12.7 Å². The number of halogens is 2. The topological polar surface area (TPSA) is 162 Å². The number of hydrogen-bond donors (Lipinski definition) is 4. The molecule has 5 N–H and O–H groups in total. The molecule has 0 saturated carbocycles. The van der Waals surface area contributed by atoms with Gasteiger partial charge in [-0.3, -0.25) is 9.59 Å². The van der Waals surface area contributed by atoms with E-state index in [1.807, 2.05) is 37.5 Å². The summed E-state index contributed by atoms with van der Waals surface area (Å²) in [4.78, 5) is 59.3. The SMILES string of the molecule is COC(=O)NC(C(=O)N1C[Si](C)(C)CC1c1nc(C2=CC=C(C3=CC=C(c4nc(C5CCCN5C(=O)C(N)C(C)C)[nH]c4Cl)CC3)CC2)c(Cl)[nH]1)C(C)C. The maximum Gasteiger partial charge on any atom is 0.407 e. The Balaban J connectivity index is 1.16. The molecular formula is C39H54Cl2N8O4Si. The molecule has 12 nitrogen and oxygen atoms in total. The van der Waals surface area contributed by atoms with Crippen LogP contribution in [-0.2, 0) is 14.3 Å². The van der Waals surface area contributed by atoms with Crippen molar-refractivity contribution in [3.8, 4) is 0 Å². The number of H-pyrrole nitrogens is 2. The molecule has 292 valence electrons. The van der Waals surface area contributed by atoms with Crippen LogP contribution in [0.1, 0.15) is 101 Å². The first-order valence-electron chi connectivity index (χ1n) is 19.1. The lowest BCUT2D eigenvalue weighted by Crippen LogP contribution is -2.52. The van der Waals surface area contributed by atoms with E-state index in [1.54, 1.807) is 0 Å². The highest BCUT2D eigenvalue weighted by Gasteiger charge is 2.46. The van der Waals surface area contributed by atoms with Crippen LogP contribution in [0.4, 0.5) is 4.79 Å². The van der Waals surface area contributed by atoms with Crippen LogP contribution in [0.2, 0.25) is 29.4 Å². The highest BCUT2D eigenvalue weighted by Crippen LogP contribution is 2.42. The molecule has 6 rings (SSSR count). The van der Waals surface area contributed by atoms with Crippen LogP contribution in [0.5, 0.6) is 0 Å². The van der Waals surface area contributed by atoms with Crippen molar-refractivity contribution in [3.63, 3.8) is 0 Å². The van der Waals surface area contributed by atoms with Crippen molar-refractivity contribution >= 4 is 60.3 Å². The van der Waals surface area contributed by atoms with Gasteiger partial charge in [0.15, 0.2) is 0 Å². The molecule has 0 aromatic carbocycles. The molecular weight excluding hydrogens is 743 g/mol. The molecule has 3 amide bonds. The van der Waals surface area contributed by atoms with Crippen LogP contribution in [0.15, 0.2) is 35.5 Å². The number of imidazole rings is 2. The summed E-state index contributed by atoms with van der Waals surface area (Å²) in [6.45, 7) is 13.0. The van der Waals surface area contributed by atoms with Gasteiger partial charge in [0.1, 0.15) is 39.4 Å². The van der Waals surface area contributed by atoms with E-state index in [2.05, 4.69) is 52.7 Å². The number of carbonyl (C=O) groups is 3. The van der Waals surface area contributed by atoms with E-state index >= 15 is 0 Å². The van der Waals surface area contributed by atoms with E-state index in [0.717, 1.165) is 61.4 Å². The average molecular weight is 798 g/mol. The van der Waals surface area contributed by atoms with E-state index in [9.17, 15) is 14.4 Å². The maximum atomic E-state index is 13.9. The van der Waals surface area contributed by atoms with Crippen LogP contribution >= 0.6 is 23.2 Å². The molecule has 4 heterocycles. The second-order valence-electron chi connectivity index (χ2n) is 16.5. The number of aromatic amines is 2. The first kappa shape index (κ1) is 40.0. The van der Waals surface area contributed by atoms with Gasteiger partial charge >= 0.3 is 6.09 Å². The number of amides is 3. The zero-order chi connectivity index (χ0) is 39.1. The number of nitrogens with two attached hydrogens (primary N) is 1. The van der Waals surface area contributed by atoms with Gasteiger partial charge in [0.25, 0.3) is 0 Å². The second-order valence-corrected chi connectivity index (χ2v) is 22.3. The molecule has 2 saturated heterocycles. The van der Waals surface area contributed by atoms with Gasteiger partial charge < -0.3 is 35.6 Å². The van der Waals surface area contributed by atoms with E-state index in [-0.39, 0.29) is 35.7 Å². The molecule has 2 aliphatic carbocycles. The summed E-state index contributed by atoms with van der Waals surface area (Å²) < 4.78 is 4.81. The zero-order valence-corrected chi connectivity index (χ0v) is 34.9. The van der Waals surface area contributed by atoms with Crippen molar-refractivity contribution in [2.24, 2.45) is 17.6 Å². The third-order valence-electron chi connectivity index (χ3n) is 11.2. The van der Waals surface area contributed by atoms with E-state index in [0.29, 0.717) is 40.4 Å². The fourth-order valence-corrected chi connectivity index (χ4v) is 11.5.